The lowest BCUT2D eigenvalue weighted by atomic mass is 9.95. The summed E-state index contributed by atoms with van der Waals surface area (Å²) in [6.07, 6.45) is 0. The van der Waals surface area contributed by atoms with Crippen molar-refractivity contribution in [2.75, 3.05) is 17.2 Å². The molecule has 26 heavy (non-hydrogen) atoms. The number of aryl methyl sites for hydroxylation is 1. The van der Waals surface area contributed by atoms with Crippen molar-refractivity contribution in [3.63, 3.8) is 0 Å². The average molecular weight is 362 g/mol. The molecular weight excluding hydrogens is 332 g/mol. The number of hydrogen-bond acceptors (Lipinski definition) is 4. The molecule has 7 nitrogen and oxygen atoms in total. The number of carbonyl (C=O) groups excluding carboxylic acids is 3. The second-order valence-electron chi connectivity index (χ2n) is 7.77. The molecule has 3 amide bonds. The van der Waals surface area contributed by atoms with E-state index in [9.17, 15) is 14.4 Å². The first-order valence-corrected chi connectivity index (χ1v) is 8.67. The Morgan fingerprint density at radius 3 is 2.27 bits per heavy atom. The van der Waals surface area contributed by atoms with E-state index in [0.29, 0.717) is 11.4 Å². The van der Waals surface area contributed by atoms with Crippen molar-refractivity contribution in [2.24, 2.45) is 17.1 Å². The van der Waals surface area contributed by atoms with Gasteiger partial charge in [-0.1, -0.05) is 40.7 Å². The zero-order valence-electron chi connectivity index (χ0n) is 16.4. The van der Waals surface area contributed by atoms with Gasteiger partial charge in [0, 0.05) is 16.8 Å². The maximum atomic E-state index is 12.2. The molecule has 0 fully saturated rings. The fraction of sp³-hybridized carbons (Fsp3) is 0.526. The summed E-state index contributed by atoms with van der Waals surface area (Å²) in [5.74, 6) is -0.855. The third kappa shape index (κ3) is 6.48. The smallest absolute Gasteiger partial charge is 0.243 e. The van der Waals surface area contributed by atoms with Crippen LogP contribution in [0.2, 0.25) is 0 Å². The van der Waals surface area contributed by atoms with Gasteiger partial charge in [-0.3, -0.25) is 14.4 Å². The minimum absolute atomic E-state index is 0.0101. The zero-order chi connectivity index (χ0) is 20.1. The highest BCUT2D eigenvalue weighted by Gasteiger charge is 2.22. The highest BCUT2D eigenvalue weighted by Crippen LogP contribution is 2.23. The van der Waals surface area contributed by atoms with Crippen LogP contribution in [0.1, 0.15) is 40.2 Å². The van der Waals surface area contributed by atoms with Crippen molar-refractivity contribution in [3.8, 4) is 0 Å². The molecule has 0 aliphatic heterocycles. The maximum Gasteiger partial charge on any atom is 0.243 e. The van der Waals surface area contributed by atoms with E-state index < -0.39 is 11.5 Å². The summed E-state index contributed by atoms with van der Waals surface area (Å²) in [6.45, 7) is 10.9. The van der Waals surface area contributed by atoms with Crippen molar-refractivity contribution in [1.82, 2.24) is 5.32 Å². The fourth-order valence-corrected chi connectivity index (χ4v) is 1.94. The van der Waals surface area contributed by atoms with Gasteiger partial charge in [0.1, 0.15) is 0 Å². The van der Waals surface area contributed by atoms with Gasteiger partial charge in [0.25, 0.3) is 0 Å². The number of carbonyl (C=O) groups is 3. The summed E-state index contributed by atoms with van der Waals surface area (Å²) in [6, 6.07) is 4.59. The van der Waals surface area contributed by atoms with Crippen LogP contribution >= 0.6 is 0 Å². The normalized spacial score (nSPS) is 12.5. The van der Waals surface area contributed by atoms with Gasteiger partial charge in [0.2, 0.25) is 17.7 Å². The molecule has 0 radical (unpaired) electrons. The molecule has 5 N–H and O–H groups in total. The highest BCUT2D eigenvalue weighted by atomic mass is 16.2. The SMILES string of the molecule is Cc1ccc(NC(=O)CNC(=O)[C@@H](N)C(C)C)cc1NC(=O)C(C)(C)C. The van der Waals surface area contributed by atoms with E-state index in [2.05, 4.69) is 16.0 Å². The van der Waals surface area contributed by atoms with Gasteiger partial charge >= 0.3 is 0 Å². The van der Waals surface area contributed by atoms with Crippen molar-refractivity contribution in [3.05, 3.63) is 23.8 Å². The number of nitrogens with one attached hydrogen (secondary N) is 3. The van der Waals surface area contributed by atoms with Crippen LogP contribution in [0, 0.1) is 18.3 Å². The van der Waals surface area contributed by atoms with Crippen LogP contribution in [0.5, 0.6) is 0 Å². The number of anilines is 2. The first kappa shape index (κ1) is 21.6. The van der Waals surface area contributed by atoms with E-state index in [-0.39, 0.29) is 30.2 Å². The lowest BCUT2D eigenvalue weighted by molar-refractivity contribution is -0.125. The standard InChI is InChI=1S/C19H30N4O3/c1-11(2)16(20)17(25)21-10-15(24)22-13-8-7-12(3)14(9-13)23-18(26)19(4,5)6/h7-9,11,16H,10,20H2,1-6H3,(H,21,25)(H,22,24)(H,23,26)/t16-/m0/s1. The molecule has 0 unspecified atom stereocenters. The Morgan fingerprint density at radius 2 is 1.73 bits per heavy atom. The summed E-state index contributed by atoms with van der Waals surface area (Å²) in [7, 11) is 0. The molecule has 1 aromatic rings. The molecule has 0 saturated carbocycles. The maximum absolute atomic E-state index is 12.2. The van der Waals surface area contributed by atoms with Crippen molar-refractivity contribution in [2.45, 2.75) is 47.6 Å². The van der Waals surface area contributed by atoms with Crippen molar-refractivity contribution >= 4 is 29.1 Å². The quantitative estimate of drug-likeness (QED) is 0.620. The Labute approximate surface area is 155 Å². The molecule has 1 atom stereocenters. The fourth-order valence-electron chi connectivity index (χ4n) is 1.94. The van der Waals surface area contributed by atoms with Crippen LogP contribution < -0.4 is 21.7 Å². The second kappa shape index (κ2) is 8.80. The third-order valence-corrected chi connectivity index (χ3v) is 3.89. The number of benzene rings is 1. The predicted octanol–water partition coefficient (Wildman–Crippen LogP) is 2.02. The summed E-state index contributed by atoms with van der Waals surface area (Å²) >= 11 is 0. The van der Waals surface area contributed by atoms with Gasteiger partial charge in [-0.25, -0.2) is 0 Å². The lowest BCUT2D eigenvalue weighted by Gasteiger charge is -2.19. The topological polar surface area (TPSA) is 113 Å². The van der Waals surface area contributed by atoms with Crippen LogP contribution in [0.4, 0.5) is 11.4 Å². The van der Waals surface area contributed by atoms with Gasteiger partial charge in [-0.05, 0) is 30.5 Å². The monoisotopic (exact) mass is 362 g/mol. The van der Waals surface area contributed by atoms with Gasteiger partial charge in [-0.15, -0.1) is 0 Å². The van der Waals surface area contributed by atoms with E-state index in [1.807, 2.05) is 41.5 Å². The van der Waals surface area contributed by atoms with E-state index in [1.165, 1.54) is 0 Å². The summed E-state index contributed by atoms with van der Waals surface area (Å²) < 4.78 is 0. The van der Waals surface area contributed by atoms with Gasteiger partial charge in [-0.2, -0.15) is 0 Å². The Hall–Kier alpha value is -2.41. The second-order valence-corrected chi connectivity index (χ2v) is 7.77. The Morgan fingerprint density at radius 1 is 1.12 bits per heavy atom. The van der Waals surface area contributed by atoms with Crippen molar-refractivity contribution < 1.29 is 14.4 Å². The molecule has 144 valence electrons. The average Bonchev–Trinajstić information content (AvgIpc) is 2.53. The number of nitrogens with two attached hydrogens (primary N) is 1. The lowest BCUT2D eigenvalue weighted by Crippen LogP contribution is -2.46. The Kier molecular flexibility index (Phi) is 7.32. The van der Waals surface area contributed by atoms with Crippen LogP contribution in [-0.2, 0) is 14.4 Å². The molecule has 7 heteroatoms. The summed E-state index contributed by atoms with van der Waals surface area (Å²) in [4.78, 5) is 36.0. The predicted molar refractivity (Wildman–Crippen MR) is 104 cm³/mol. The van der Waals surface area contributed by atoms with E-state index in [0.717, 1.165) is 5.56 Å². The van der Waals surface area contributed by atoms with E-state index in [4.69, 9.17) is 5.73 Å². The first-order chi connectivity index (χ1) is 11.9. The first-order valence-electron chi connectivity index (χ1n) is 8.67. The van der Waals surface area contributed by atoms with Crippen LogP contribution in [0.15, 0.2) is 18.2 Å². The summed E-state index contributed by atoms with van der Waals surface area (Å²) in [5.41, 5.74) is 7.26. The molecule has 1 rings (SSSR count). The summed E-state index contributed by atoms with van der Waals surface area (Å²) in [5, 5.41) is 8.08. The molecule has 0 heterocycles. The van der Waals surface area contributed by atoms with E-state index in [1.54, 1.807) is 18.2 Å². The van der Waals surface area contributed by atoms with Gasteiger partial charge in [0.15, 0.2) is 0 Å². The minimum atomic E-state index is -0.651. The largest absolute Gasteiger partial charge is 0.346 e. The molecule has 0 bridgehead atoms. The molecule has 0 spiro atoms. The Bertz CT molecular complexity index is 678. The van der Waals surface area contributed by atoms with Crippen LogP contribution in [0.25, 0.3) is 0 Å². The molecule has 0 saturated heterocycles. The van der Waals surface area contributed by atoms with Gasteiger partial charge < -0.3 is 21.7 Å². The molecule has 0 aliphatic carbocycles. The van der Waals surface area contributed by atoms with Gasteiger partial charge in [0.05, 0.1) is 12.6 Å². The van der Waals surface area contributed by atoms with Crippen molar-refractivity contribution in [1.29, 1.82) is 0 Å². The molecular formula is C19H30N4O3. The minimum Gasteiger partial charge on any atom is -0.346 e. The molecule has 0 aliphatic rings. The number of rotatable bonds is 6. The van der Waals surface area contributed by atoms with E-state index >= 15 is 0 Å². The zero-order valence-corrected chi connectivity index (χ0v) is 16.4. The van der Waals surface area contributed by atoms with Crippen LogP contribution in [-0.4, -0.2) is 30.3 Å². The van der Waals surface area contributed by atoms with Crippen LogP contribution in [0.3, 0.4) is 0 Å². The number of amides is 3. The number of hydrogen-bond donors (Lipinski definition) is 4. The Balaban J connectivity index is 2.70. The molecule has 0 aromatic heterocycles. The highest BCUT2D eigenvalue weighted by molar-refractivity contribution is 5.98. The molecule has 1 aromatic carbocycles. The third-order valence-electron chi connectivity index (χ3n) is 3.89.